The Hall–Kier alpha value is -1.83. The maximum Gasteiger partial charge on any atom is 0.317 e. The molecule has 46 heavy (non-hydrogen) atoms. The molecule has 0 aromatic heterocycles. The molecular weight excluding hydrogens is 578 g/mol. The van der Waals surface area contributed by atoms with Crippen LogP contribution in [0.1, 0.15) is 181 Å². The van der Waals surface area contributed by atoms with Crippen LogP contribution < -0.4 is 5.32 Å². The first-order valence-electron chi connectivity index (χ1n) is 19.4. The van der Waals surface area contributed by atoms with Crippen molar-refractivity contribution in [3.05, 3.63) is 0 Å². The van der Waals surface area contributed by atoms with Crippen LogP contribution in [0.3, 0.4) is 0 Å². The number of esters is 1. The summed E-state index contributed by atoms with van der Waals surface area (Å²) in [5.74, 6) is -0.753. The van der Waals surface area contributed by atoms with Crippen molar-refractivity contribution >= 4 is 18.0 Å². The second-order valence-corrected chi connectivity index (χ2v) is 13.7. The molecule has 0 fully saturated rings. The topological polar surface area (TPSA) is 99.2 Å². The summed E-state index contributed by atoms with van der Waals surface area (Å²) in [6.45, 7) is 7.42. The molecule has 0 spiro atoms. The number of urea groups is 1. The maximum atomic E-state index is 12.8. The van der Waals surface area contributed by atoms with Crippen LogP contribution in [0.25, 0.3) is 0 Å². The summed E-state index contributed by atoms with van der Waals surface area (Å²) < 4.78 is 6.00. The number of carboxylic acid groups (broad SMARTS) is 1. The van der Waals surface area contributed by atoms with Crippen molar-refractivity contribution in [2.75, 3.05) is 40.3 Å². The second-order valence-electron chi connectivity index (χ2n) is 13.7. The van der Waals surface area contributed by atoms with Crippen LogP contribution in [-0.4, -0.2) is 79.3 Å². The van der Waals surface area contributed by atoms with Crippen LogP contribution in [0.5, 0.6) is 0 Å². The molecule has 0 saturated carbocycles. The minimum Gasteiger partial charge on any atom is -0.481 e. The number of carboxylic acids is 1. The molecule has 8 heteroatoms. The molecule has 0 aliphatic carbocycles. The molecule has 0 heterocycles. The van der Waals surface area contributed by atoms with Crippen LogP contribution in [0.2, 0.25) is 0 Å². The minimum atomic E-state index is -0.730. The van der Waals surface area contributed by atoms with Gasteiger partial charge in [0.15, 0.2) is 0 Å². The Bertz CT molecular complexity index is 702. The Morgan fingerprint density at radius 1 is 0.587 bits per heavy atom. The van der Waals surface area contributed by atoms with Crippen LogP contribution in [-0.2, 0) is 14.3 Å². The Balaban J connectivity index is 4.38. The molecule has 8 nitrogen and oxygen atoms in total. The summed E-state index contributed by atoms with van der Waals surface area (Å²) in [6.07, 6.45) is 27.6. The van der Waals surface area contributed by atoms with Crippen molar-refractivity contribution in [1.29, 1.82) is 0 Å². The molecule has 2 amide bonds. The van der Waals surface area contributed by atoms with Gasteiger partial charge in [-0.1, -0.05) is 117 Å². The molecule has 2 N–H and O–H groups in total. The normalized spacial score (nSPS) is 11.3. The number of rotatable bonds is 34. The Morgan fingerprint density at radius 3 is 1.50 bits per heavy atom. The summed E-state index contributed by atoms with van der Waals surface area (Å²) in [7, 11) is 4.00. The molecule has 0 aromatic rings. The second kappa shape index (κ2) is 33.1. The number of likely N-dealkylation sites (N-methyl/N-ethyl adjacent to an activating group) is 1. The zero-order chi connectivity index (χ0) is 34.1. The monoisotopic (exact) mass is 654 g/mol. The largest absolute Gasteiger partial charge is 0.481 e. The van der Waals surface area contributed by atoms with Crippen LogP contribution >= 0.6 is 0 Å². The third-order valence-corrected chi connectivity index (χ3v) is 8.81. The first-order valence-corrected chi connectivity index (χ1v) is 19.4. The summed E-state index contributed by atoms with van der Waals surface area (Å²) in [4.78, 5) is 40.2. The van der Waals surface area contributed by atoms with Crippen molar-refractivity contribution in [1.82, 2.24) is 15.1 Å². The summed E-state index contributed by atoms with van der Waals surface area (Å²) in [6, 6.07) is 0.00643. The molecule has 0 aliphatic rings. The lowest BCUT2D eigenvalue weighted by Crippen LogP contribution is -2.43. The van der Waals surface area contributed by atoms with E-state index in [-0.39, 0.29) is 24.5 Å². The van der Waals surface area contributed by atoms with E-state index in [0.29, 0.717) is 13.0 Å². The smallest absolute Gasteiger partial charge is 0.317 e. The van der Waals surface area contributed by atoms with E-state index in [4.69, 9.17) is 9.84 Å². The van der Waals surface area contributed by atoms with E-state index in [0.717, 1.165) is 110 Å². The van der Waals surface area contributed by atoms with Gasteiger partial charge in [0.2, 0.25) is 0 Å². The molecule has 0 aliphatic heterocycles. The third-order valence-electron chi connectivity index (χ3n) is 8.81. The number of nitrogens with zero attached hydrogens (tertiary/aromatic N) is 2. The van der Waals surface area contributed by atoms with E-state index < -0.39 is 5.97 Å². The number of nitrogens with one attached hydrogen (secondary N) is 1. The number of carbonyl (C=O) groups excluding carboxylic acids is 2. The van der Waals surface area contributed by atoms with Gasteiger partial charge < -0.3 is 25.0 Å². The van der Waals surface area contributed by atoms with E-state index in [1.165, 1.54) is 64.2 Å². The lowest BCUT2D eigenvalue weighted by molar-refractivity contribution is -0.150. The molecule has 0 atom stereocenters. The molecule has 0 radical (unpaired) electrons. The molecule has 0 rings (SSSR count). The predicted octanol–water partition coefficient (Wildman–Crippen LogP) is 9.74. The number of unbranched alkanes of at least 4 members (excludes halogenated alkanes) is 18. The molecular formula is C38H75N3O5. The Kier molecular flexibility index (Phi) is 31.8. The van der Waals surface area contributed by atoms with Gasteiger partial charge in [-0.3, -0.25) is 9.59 Å². The van der Waals surface area contributed by atoms with Gasteiger partial charge >= 0.3 is 18.0 Å². The van der Waals surface area contributed by atoms with Crippen molar-refractivity contribution in [3.8, 4) is 0 Å². The number of aliphatic carboxylic acids is 1. The van der Waals surface area contributed by atoms with E-state index >= 15 is 0 Å². The highest BCUT2D eigenvalue weighted by Crippen LogP contribution is 2.18. The zero-order valence-electron chi connectivity index (χ0n) is 30.8. The third kappa shape index (κ3) is 30.8. The molecule has 0 saturated heterocycles. The number of carbonyl (C=O) groups is 3. The fraction of sp³-hybridized carbons (Fsp3) is 0.921. The molecule has 0 bridgehead atoms. The fourth-order valence-electron chi connectivity index (χ4n) is 5.84. The van der Waals surface area contributed by atoms with Gasteiger partial charge in [0.25, 0.3) is 0 Å². The molecule has 0 aromatic carbocycles. The summed E-state index contributed by atoms with van der Waals surface area (Å²) in [5, 5.41) is 11.8. The van der Waals surface area contributed by atoms with E-state index in [9.17, 15) is 14.4 Å². The van der Waals surface area contributed by atoms with Gasteiger partial charge in [0, 0.05) is 39.0 Å². The van der Waals surface area contributed by atoms with E-state index in [2.05, 4.69) is 24.1 Å². The standard InChI is InChI=1S/C38H75N3O5/c1-5-7-9-11-15-21-27-35(28-22-16-12-10-8-6-2)46-37(44)30-24-18-14-20-26-33-41(38(45)39-31-34-40(3)4)32-25-19-13-17-23-29-36(42)43/h35H,5-34H2,1-4H3,(H,39,45)(H,42,43). The van der Waals surface area contributed by atoms with Crippen LogP contribution in [0, 0.1) is 0 Å². The summed E-state index contributed by atoms with van der Waals surface area (Å²) in [5.41, 5.74) is 0. The quantitative estimate of drug-likeness (QED) is 0.0530. The highest BCUT2D eigenvalue weighted by atomic mass is 16.5. The van der Waals surface area contributed by atoms with Gasteiger partial charge in [-0.25, -0.2) is 4.79 Å². The highest BCUT2D eigenvalue weighted by molar-refractivity contribution is 5.74. The molecule has 0 unspecified atom stereocenters. The number of amides is 2. The maximum absolute atomic E-state index is 12.8. The van der Waals surface area contributed by atoms with E-state index in [1.54, 1.807) is 0 Å². The lowest BCUT2D eigenvalue weighted by atomic mass is 10.0. The van der Waals surface area contributed by atoms with Crippen molar-refractivity contribution in [3.63, 3.8) is 0 Å². The summed E-state index contributed by atoms with van der Waals surface area (Å²) >= 11 is 0. The van der Waals surface area contributed by atoms with Gasteiger partial charge in [0.1, 0.15) is 6.10 Å². The molecule has 272 valence electrons. The average Bonchev–Trinajstić information content (AvgIpc) is 3.01. The van der Waals surface area contributed by atoms with Crippen molar-refractivity contribution in [2.45, 2.75) is 187 Å². The minimum absolute atomic E-state index is 0.00643. The van der Waals surface area contributed by atoms with Gasteiger partial charge in [-0.15, -0.1) is 0 Å². The Labute approximate surface area is 284 Å². The van der Waals surface area contributed by atoms with Crippen LogP contribution in [0.15, 0.2) is 0 Å². The Morgan fingerprint density at radius 2 is 1.02 bits per heavy atom. The van der Waals surface area contributed by atoms with Crippen molar-refractivity contribution in [2.24, 2.45) is 0 Å². The number of hydrogen-bond acceptors (Lipinski definition) is 5. The first-order chi connectivity index (χ1) is 22.3. The SMILES string of the molecule is CCCCCCCCC(CCCCCCCC)OC(=O)CCCCCCCN(CCCCCCCC(=O)O)C(=O)NCCN(C)C. The van der Waals surface area contributed by atoms with Crippen molar-refractivity contribution < 1.29 is 24.2 Å². The number of ether oxygens (including phenoxy) is 1. The highest BCUT2D eigenvalue weighted by Gasteiger charge is 2.15. The number of hydrogen-bond donors (Lipinski definition) is 2. The lowest BCUT2D eigenvalue weighted by Gasteiger charge is -2.24. The van der Waals surface area contributed by atoms with Crippen LogP contribution in [0.4, 0.5) is 4.79 Å². The van der Waals surface area contributed by atoms with Gasteiger partial charge in [0.05, 0.1) is 0 Å². The zero-order valence-corrected chi connectivity index (χ0v) is 30.8. The first kappa shape index (κ1) is 44.2. The predicted molar refractivity (Wildman–Crippen MR) is 192 cm³/mol. The van der Waals surface area contributed by atoms with Gasteiger partial charge in [-0.2, -0.15) is 0 Å². The van der Waals surface area contributed by atoms with Gasteiger partial charge in [-0.05, 0) is 65.5 Å². The fourth-order valence-corrected chi connectivity index (χ4v) is 5.84. The average molecular weight is 654 g/mol. The van der Waals surface area contributed by atoms with E-state index in [1.807, 2.05) is 19.0 Å².